The molecule has 0 spiro atoms. The van der Waals surface area contributed by atoms with E-state index in [1.54, 1.807) is 36.7 Å². The van der Waals surface area contributed by atoms with E-state index in [9.17, 15) is 4.79 Å². The fourth-order valence-corrected chi connectivity index (χ4v) is 2.19. The molecule has 1 N–H and O–H groups in total. The van der Waals surface area contributed by atoms with Crippen LogP contribution in [-0.2, 0) is 4.79 Å². The summed E-state index contributed by atoms with van der Waals surface area (Å²) >= 11 is 1.26. The first kappa shape index (κ1) is 12.5. The molecule has 0 saturated heterocycles. The van der Waals surface area contributed by atoms with Crippen molar-refractivity contribution in [3.63, 3.8) is 0 Å². The standard InChI is InChI=1S/C12H9N5O2S/c18-10(7-20-12-13-5-2-6-14-12)15-8-3-1-4-9-11(8)17-19-16-9/h1-6H,7H2,(H,15,18). The molecule has 0 aliphatic carbocycles. The molecule has 7 nitrogen and oxygen atoms in total. The van der Waals surface area contributed by atoms with Gasteiger partial charge >= 0.3 is 0 Å². The van der Waals surface area contributed by atoms with E-state index in [2.05, 4.69) is 30.2 Å². The minimum Gasteiger partial charge on any atom is -0.323 e. The number of thioether (sulfide) groups is 1. The fraction of sp³-hybridized carbons (Fsp3) is 0.0833. The minimum atomic E-state index is -0.169. The van der Waals surface area contributed by atoms with Crippen molar-refractivity contribution >= 4 is 34.4 Å². The number of nitrogens with one attached hydrogen (secondary N) is 1. The van der Waals surface area contributed by atoms with Gasteiger partial charge in [-0.2, -0.15) is 0 Å². The van der Waals surface area contributed by atoms with Crippen molar-refractivity contribution < 1.29 is 9.42 Å². The summed E-state index contributed by atoms with van der Waals surface area (Å²) in [5.41, 5.74) is 1.70. The van der Waals surface area contributed by atoms with Crippen molar-refractivity contribution in [2.45, 2.75) is 5.16 Å². The lowest BCUT2D eigenvalue weighted by molar-refractivity contribution is -0.113. The first-order chi connectivity index (χ1) is 9.83. The Morgan fingerprint density at radius 3 is 2.90 bits per heavy atom. The van der Waals surface area contributed by atoms with Crippen molar-refractivity contribution in [3.8, 4) is 0 Å². The second-order valence-electron chi connectivity index (χ2n) is 3.81. The molecule has 0 unspecified atom stereocenters. The largest absolute Gasteiger partial charge is 0.323 e. The SMILES string of the molecule is O=C(CSc1ncccn1)Nc1cccc2nonc12. The number of anilines is 1. The van der Waals surface area contributed by atoms with Crippen molar-refractivity contribution in [1.29, 1.82) is 0 Å². The Morgan fingerprint density at radius 1 is 1.20 bits per heavy atom. The van der Waals surface area contributed by atoms with E-state index in [0.29, 0.717) is 21.9 Å². The molecule has 2 aromatic heterocycles. The molecule has 20 heavy (non-hydrogen) atoms. The number of benzene rings is 1. The van der Waals surface area contributed by atoms with E-state index in [1.165, 1.54) is 11.8 Å². The fourth-order valence-electron chi connectivity index (χ4n) is 1.58. The molecule has 1 amide bonds. The predicted octanol–water partition coefficient (Wildman–Crippen LogP) is 1.74. The maximum Gasteiger partial charge on any atom is 0.234 e. The normalized spacial score (nSPS) is 10.6. The van der Waals surface area contributed by atoms with Gasteiger partial charge in [0.2, 0.25) is 5.91 Å². The van der Waals surface area contributed by atoms with Gasteiger partial charge in [-0.15, -0.1) is 0 Å². The second kappa shape index (κ2) is 5.66. The molecule has 0 fully saturated rings. The van der Waals surface area contributed by atoms with Crippen molar-refractivity contribution in [1.82, 2.24) is 20.3 Å². The van der Waals surface area contributed by atoms with E-state index in [-0.39, 0.29) is 11.7 Å². The van der Waals surface area contributed by atoms with Gasteiger partial charge in [0.1, 0.15) is 5.52 Å². The molecule has 100 valence electrons. The monoisotopic (exact) mass is 287 g/mol. The third-order valence-electron chi connectivity index (χ3n) is 2.43. The number of hydrogen-bond acceptors (Lipinski definition) is 7. The van der Waals surface area contributed by atoms with Crippen molar-refractivity contribution in [2.75, 3.05) is 11.1 Å². The zero-order chi connectivity index (χ0) is 13.8. The molecule has 0 atom stereocenters. The quantitative estimate of drug-likeness (QED) is 0.577. The molecule has 8 heteroatoms. The van der Waals surface area contributed by atoms with Crippen LogP contribution >= 0.6 is 11.8 Å². The number of rotatable bonds is 4. The number of carbonyl (C=O) groups excluding carboxylic acids is 1. The van der Waals surface area contributed by atoms with Crippen LogP contribution in [0.3, 0.4) is 0 Å². The average molecular weight is 287 g/mol. The smallest absolute Gasteiger partial charge is 0.234 e. The molecule has 0 radical (unpaired) electrons. The topological polar surface area (TPSA) is 93.8 Å². The molecule has 2 heterocycles. The third-order valence-corrected chi connectivity index (χ3v) is 3.31. The minimum absolute atomic E-state index is 0.169. The Bertz CT molecular complexity index is 731. The Labute approximate surface area is 117 Å². The number of amides is 1. The van der Waals surface area contributed by atoms with Gasteiger partial charge in [-0.25, -0.2) is 14.6 Å². The van der Waals surface area contributed by atoms with E-state index in [1.807, 2.05) is 0 Å². The molecule has 0 bridgehead atoms. The Morgan fingerprint density at radius 2 is 2.05 bits per heavy atom. The molecule has 0 saturated carbocycles. The van der Waals surface area contributed by atoms with Crippen LogP contribution in [0.4, 0.5) is 5.69 Å². The van der Waals surface area contributed by atoms with Crippen LogP contribution in [-0.4, -0.2) is 31.9 Å². The highest BCUT2D eigenvalue weighted by Gasteiger charge is 2.10. The van der Waals surface area contributed by atoms with E-state index in [4.69, 9.17) is 0 Å². The second-order valence-corrected chi connectivity index (χ2v) is 4.75. The zero-order valence-electron chi connectivity index (χ0n) is 10.2. The van der Waals surface area contributed by atoms with Gasteiger partial charge in [0.25, 0.3) is 0 Å². The van der Waals surface area contributed by atoms with Gasteiger partial charge in [0, 0.05) is 12.4 Å². The molecule has 0 aliphatic heterocycles. The third kappa shape index (κ3) is 2.75. The van der Waals surface area contributed by atoms with Crippen LogP contribution in [0, 0.1) is 0 Å². The summed E-state index contributed by atoms with van der Waals surface area (Å²) in [4.78, 5) is 20.0. The lowest BCUT2D eigenvalue weighted by atomic mass is 10.2. The van der Waals surface area contributed by atoms with Crippen LogP contribution in [0.2, 0.25) is 0 Å². The van der Waals surface area contributed by atoms with Gasteiger partial charge < -0.3 is 5.32 Å². The van der Waals surface area contributed by atoms with E-state index in [0.717, 1.165) is 0 Å². The highest BCUT2D eigenvalue weighted by molar-refractivity contribution is 7.99. The van der Waals surface area contributed by atoms with Gasteiger partial charge in [-0.1, -0.05) is 17.8 Å². The van der Waals surface area contributed by atoms with Gasteiger partial charge in [0.15, 0.2) is 10.7 Å². The Kier molecular flexibility index (Phi) is 3.55. The molecule has 1 aromatic carbocycles. The summed E-state index contributed by atoms with van der Waals surface area (Å²) < 4.78 is 4.64. The summed E-state index contributed by atoms with van der Waals surface area (Å²) in [5, 5.41) is 10.8. The summed E-state index contributed by atoms with van der Waals surface area (Å²) in [5.74, 6) is 0.0454. The summed E-state index contributed by atoms with van der Waals surface area (Å²) in [6.07, 6.45) is 3.27. The van der Waals surface area contributed by atoms with Gasteiger partial charge in [0.05, 0.1) is 11.4 Å². The highest BCUT2D eigenvalue weighted by Crippen LogP contribution is 2.20. The molecular formula is C12H9N5O2S. The highest BCUT2D eigenvalue weighted by atomic mass is 32.2. The van der Waals surface area contributed by atoms with E-state index < -0.39 is 0 Å². The number of aromatic nitrogens is 4. The Hall–Kier alpha value is -2.48. The summed E-state index contributed by atoms with van der Waals surface area (Å²) in [6, 6.07) is 7.00. The first-order valence-electron chi connectivity index (χ1n) is 5.74. The summed E-state index contributed by atoms with van der Waals surface area (Å²) in [6.45, 7) is 0. The first-order valence-corrected chi connectivity index (χ1v) is 6.72. The number of carbonyl (C=O) groups is 1. The van der Waals surface area contributed by atoms with Crippen molar-refractivity contribution in [3.05, 3.63) is 36.7 Å². The number of hydrogen-bond donors (Lipinski definition) is 1. The van der Waals surface area contributed by atoms with Crippen LogP contribution < -0.4 is 5.32 Å². The lowest BCUT2D eigenvalue weighted by Crippen LogP contribution is -2.14. The molecule has 0 aliphatic rings. The lowest BCUT2D eigenvalue weighted by Gasteiger charge is -2.04. The Balaban J connectivity index is 1.66. The number of fused-ring (bicyclic) bond motifs is 1. The maximum absolute atomic E-state index is 11.9. The van der Waals surface area contributed by atoms with Crippen molar-refractivity contribution in [2.24, 2.45) is 0 Å². The van der Waals surface area contributed by atoms with Crippen LogP contribution in [0.1, 0.15) is 0 Å². The maximum atomic E-state index is 11.9. The molecular weight excluding hydrogens is 278 g/mol. The molecule has 3 aromatic rings. The number of nitrogens with zero attached hydrogens (tertiary/aromatic N) is 4. The zero-order valence-corrected chi connectivity index (χ0v) is 11.0. The van der Waals surface area contributed by atoms with Crippen LogP contribution in [0.25, 0.3) is 11.0 Å². The van der Waals surface area contributed by atoms with Gasteiger partial charge in [-0.3, -0.25) is 4.79 Å². The molecule has 3 rings (SSSR count). The van der Waals surface area contributed by atoms with Crippen LogP contribution in [0.5, 0.6) is 0 Å². The van der Waals surface area contributed by atoms with Crippen LogP contribution in [0.15, 0.2) is 46.4 Å². The van der Waals surface area contributed by atoms with Gasteiger partial charge in [-0.05, 0) is 28.5 Å². The average Bonchev–Trinajstić information content (AvgIpc) is 2.96. The summed E-state index contributed by atoms with van der Waals surface area (Å²) in [7, 11) is 0. The predicted molar refractivity (Wildman–Crippen MR) is 73.2 cm³/mol. The van der Waals surface area contributed by atoms with E-state index >= 15 is 0 Å².